The standard InChI is InChI=1S/C17H9Cl2FN4/c18-13-7-16-22-9-23-24(16)8-12(13)11-2-1-5-21-17(11)10-3-4-15(20)14(19)6-10/h1-9H. The molecule has 4 nitrogen and oxygen atoms in total. The second kappa shape index (κ2) is 5.85. The van der Waals surface area contributed by atoms with Crippen LogP contribution in [0.4, 0.5) is 4.39 Å². The fourth-order valence-electron chi connectivity index (χ4n) is 2.53. The van der Waals surface area contributed by atoms with Crippen molar-refractivity contribution in [1.82, 2.24) is 19.6 Å². The Labute approximate surface area is 146 Å². The van der Waals surface area contributed by atoms with E-state index in [0.29, 0.717) is 21.9 Å². The Morgan fingerprint density at radius 3 is 2.67 bits per heavy atom. The number of rotatable bonds is 2. The van der Waals surface area contributed by atoms with E-state index < -0.39 is 5.82 Å². The van der Waals surface area contributed by atoms with Gasteiger partial charge in [0.05, 0.1) is 15.7 Å². The molecule has 0 spiro atoms. The van der Waals surface area contributed by atoms with Gasteiger partial charge < -0.3 is 0 Å². The van der Waals surface area contributed by atoms with E-state index in [2.05, 4.69) is 15.1 Å². The van der Waals surface area contributed by atoms with Crippen molar-refractivity contribution in [2.75, 3.05) is 0 Å². The summed E-state index contributed by atoms with van der Waals surface area (Å²) in [6.45, 7) is 0. The van der Waals surface area contributed by atoms with Crippen LogP contribution in [0.3, 0.4) is 0 Å². The predicted octanol–water partition coefficient (Wildman–Crippen LogP) is 4.90. The van der Waals surface area contributed by atoms with E-state index in [-0.39, 0.29) is 5.02 Å². The molecule has 4 aromatic rings. The maximum atomic E-state index is 13.4. The summed E-state index contributed by atoms with van der Waals surface area (Å²) in [6, 6.07) is 9.94. The number of hydrogen-bond donors (Lipinski definition) is 0. The molecule has 0 N–H and O–H groups in total. The van der Waals surface area contributed by atoms with Crippen LogP contribution in [0, 0.1) is 5.82 Å². The van der Waals surface area contributed by atoms with Gasteiger partial charge in [-0.3, -0.25) is 4.98 Å². The molecule has 0 radical (unpaired) electrons. The summed E-state index contributed by atoms with van der Waals surface area (Å²) in [6.07, 6.45) is 4.91. The quantitative estimate of drug-likeness (QED) is 0.511. The average Bonchev–Trinajstić information content (AvgIpc) is 3.04. The summed E-state index contributed by atoms with van der Waals surface area (Å²) in [5, 5.41) is 4.70. The summed E-state index contributed by atoms with van der Waals surface area (Å²) in [4.78, 5) is 8.53. The van der Waals surface area contributed by atoms with Gasteiger partial charge in [0.1, 0.15) is 12.1 Å². The van der Waals surface area contributed by atoms with Crippen LogP contribution in [-0.4, -0.2) is 19.6 Å². The Morgan fingerprint density at radius 1 is 0.958 bits per heavy atom. The molecule has 0 fully saturated rings. The summed E-state index contributed by atoms with van der Waals surface area (Å²) in [5.74, 6) is -0.472. The highest BCUT2D eigenvalue weighted by molar-refractivity contribution is 6.33. The van der Waals surface area contributed by atoms with E-state index in [1.165, 1.54) is 12.4 Å². The summed E-state index contributed by atoms with van der Waals surface area (Å²) in [5.41, 5.74) is 3.55. The second-order valence-electron chi connectivity index (χ2n) is 5.13. The van der Waals surface area contributed by atoms with E-state index in [0.717, 1.165) is 11.1 Å². The summed E-state index contributed by atoms with van der Waals surface area (Å²) >= 11 is 12.3. The first-order valence-electron chi connectivity index (χ1n) is 7.03. The molecule has 0 aliphatic rings. The maximum absolute atomic E-state index is 13.4. The van der Waals surface area contributed by atoms with Crippen LogP contribution in [0.25, 0.3) is 28.0 Å². The molecule has 3 aromatic heterocycles. The topological polar surface area (TPSA) is 43.1 Å². The molecule has 0 saturated heterocycles. The van der Waals surface area contributed by atoms with Gasteiger partial charge in [0, 0.05) is 35.2 Å². The molecule has 7 heteroatoms. The largest absolute Gasteiger partial charge is 0.256 e. The predicted molar refractivity (Wildman–Crippen MR) is 91.6 cm³/mol. The van der Waals surface area contributed by atoms with Crippen LogP contribution in [0.15, 0.2) is 55.1 Å². The van der Waals surface area contributed by atoms with E-state index >= 15 is 0 Å². The van der Waals surface area contributed by atoms with Crippen molar-refractivity contribution < 1.29 is 4.39 Å². The van der Waals surface area contributed by atoms with Crippen molar-refractivity contribution in [2.45, 2.75) is 0 Å². The van der Waals surface area contributed by atoms with Gasteiger partial charge in [-0.2, -0.15) is 5.10 Å². The molecule has 0 aliphatic carbocycles. The zero-order chi connectivity index (χ0) is 16.7. The molecular formula is C17H9Cl2FN4. The highest BCUT2D eigenvalue weighted by atomic mass is 35.5. The molecule has 3 heterocycles. The molecule has 0 unspecified atom stereocenters. The minimum atomic E-state index is -0.472. The zero-order valence-electron chi connectivity index (χ0n) is 12.1. The highest BCUT2D eigenvalue weighted by Gasteiger charge is 2.14. The fraction of sp³-hybridized carbons (Fsp3) is 0. The van der Waals surface area contributed by atoms with Gasteiger partial charge in [-0.15, -0.1) is 0 Å². The molecule has 1 aromatic carbocycles. The number of fused-ring (bicyclic) bond motifs is 1. The summed E-state index contributed by atoms with van der Waals surface area (Å²) < 4.78 is 15.1. The van der Waals surface area contributed by atoms with E-state index in [9.17, 15) is 4.39 Å². The molecule has 0 atom stereocenters. The number of nitrogens with zero attached hydrogens (tertiary/aromatic N) is 4. The van der Waals surface area contributed by atoms with Crippen molar-refractivity contribution >= 4 is 28.8 Å². The Hall–Kier alpha value is -2.50. The number of halogens is 3. The van der Waals surface area contributed by atoms with E-state index in [1.807, 2.05) is 12.1 Å². The monoisotopic (exact) mass is 358 g/mol. The molecule has 0 amide bonds. The lowest BCUT2D eigenvalue weighted by Gasteiger charge is -2.11. The van der Waals surface area contributed by atoms with Crippen LogP contribution in [-0.2, 0) is 0 Å². The molecule has 4 rings (SSSR count). The Kier molecular flexibility index (Phi) is 3.67. The number of pyridine rings is 2. The SMILES string of the molecule is Fc1ccc(-c2ncccc2-c2cn3ncnc3cc2Cl)cc1Cl. The first-order valence-corrected chi connectivity index (χ1v) is 7.79. The van der Waals surface area contributed by atoms with Crippen molar-refractivity contribution in [3.63, 3.8) is 0 Å². The van der Waals surface area contributed by atoms with Crippen LogP contribution in [0.5, 0.6) is 0 Å². The van der Waals surface area contributed by atoms with Gasteiger partial charge >= 0.3 is 0 Å². The lowest BCUT2D eigenvalue weighted by molar-refractivity contribution is 0.628. The number of aromatic nitrogens is 4. The molecule has 0 bridgehead atoms. The maximum Gasteiger partial charge on any atom is 0.156 e. The molecule has 24 heavy (non-hydrogen) atoms. The third-order valence-corrected chi connectivity index (χ3v) is 4.26. The molecular weight excluding hydrogens is 350 g/mol. The van der Waals surface area contributed by atoms with Gasteiger partial charge in [0.25, 0.3) is 0 Å². The minimum Gasteiger partial charge on any atom is -0.256 e. The van der Waals surface area contributed by atoms with E-state index in [4.69, 9.17) is 23.2 Å². The van der Waals surface area contributed by atoms with Crippen LogP contribution in [0.1, 0.15) is 0 Å². The van der Waals surface area contributed by atoms with Crippen molar-refractivity contribution in [1.29, 1.82) is 0 Å². The Bertz CT molecular complexity index is 1060. The number of benzene rings is 1. The van der Waals surface area contributed by atoms with Gasteiger partial charge in [-0.1, -0.05) is 29.3 Å². The van der Waals surface area contributed by atoms with Crippen molar-refractivity contribution in [2.24, 2.45) is 0 Å². The first-order chi connectivity index (χ1) is 11.6. The third-order valence-electron chi connectivity index (χ3n) is 3.66. The van der Waals surface area contributed by atoms with Gasteiger partial charge in [-0.25, -0.2) is 13.9 Å². The molecule has 118 valence electrons. The molecule has 0 saturated carbocycles. The smallest absolute Gasteiger partial charge is 0.156 e. The van der Waals surface area contributed by atoms with Gasteiger partial charge in [0.2, 0.25) is 0 Å². The summed E-state index contributed by atoms with van der Waals surface area (Å²) in [7, 11) is 0. The Morgan fingerprint density at radius 2 is 1.83 bits per heavy atom. The lowest BCUT2D eigenvalue weighted by atomic mass is 10.0. The average molecular weight is 359 g/mol. The lowest BCUT2D eigenvalue weighted by Crippen LogP contribution is -1.94. The van der Waals surface area contributed by atoms with Gasteiger partial charge in [0.15, 0.2) is 5.65 Å². The zero-order valence-corrected chi connectivity index (χ0v) is 13.6. The van der Waals surface area contributed by atoms with Gasteiger partial charge in [-0.05, 0) is 24.3 Å². The van der Waals surface area contributed by atoms with Crippen molar-refractivity contribution in [3.8, 4) is 22.4 Å². The first kappa shape index (κ1) is 15.1. The van der Waals surface area contributed by atoms with Crippen molar-refractivity contribution in [3.05, 3.63) is 71.0 Å². The van der Waals surface area contributed by atoms with Crippen LogP contribution >= 0.6 is 23.2 Å². The highest BCUT2D eigenvalue weighted by Crippen LogP contribution is 2.35. The minimum absolute atomic E-state index is 0.0435. The Balaban J connectivity index is 1.95. The van der Waals surface area contributed by atoms with E-state index in [1.54, 1.807) is 35.1 Å². The third kappa shape index (κ3) is 2.52. The molecule has 0 aliphatic heterocycles. The number of hydrogen-bond acceptors (Lipinski definition) is 3. The fourth-order valence-corrected chi connectivity index (χ4v) is 2.96. The normalized spacial score (nSPS) is 11.1. The van der Waals surface area contributed by atoms with Crippen LogP contribution in [0.2, 0.25) is 10.0 Å². The second-order valence-corrected chi connectivity index (χ2v) is 5.94. The van der Waals surface area contributed by atoms with Crippen LogP contribution < -0.4 is 0 Å².